The molecule has 10 heteroatoms. The highest BCUT2D eigenvalue weighted by Gasteiger charge is 2.33. The van der Waals surface area contributed by atoms with Crippen molar-refractivity contribution in [2.24, 2.45) is 0 Å². The predicted molar refractivity (Wildman–Crippen MR) is 136 cm³/mol. The van der Waals surface area contributed by atoms with Crippen molar-refractivity contribution in [3.63, 3.8) is 0 Å². The van der Waals surface area contributed by atoms with Crippen LogP contribution < -0.4 is 14.4 Å². The number of sulfonamides is 1. The number of hydrogen-bond acceptors (Lipinski definition) is 4. The van der Waals surface area contributed by atoms with E-state index in [9.17, 15) is 26.4 Å². The highest BCUT2D eigenvalue weighted by molar-refractivity contribution is 7.92. The number of benzene rings is 3. The van der Waals surface area contributed by atoms with Crippen LogP contribution in [0.3, 0.4) is 0 Å². The summed E-state index contributed by atoms with van der Waals surface area (Å²) in [6.45, 7) is 4.79. The predicted octanol–water partition coefficient (Wildman–Crippen LogP) is 5.79. The molecule has 1 N–H and O–H groups in total. The Kier molecular flexibility index (Phi) is 8.53. The summed E-state index contributed by atoms with van der Waals surface area (Å²) in [4.78, 5) is 13.0. The third kappa shape index (κ3) is 6.62. The number of hydrogen-bond donors (Lipinski definition) is 1. The van der Waals surface area contributed by atoms with E-state index in [0.29, 0.717) is 16.5 Å². The van der Waals surface area contributed by atoms with Gasteiger partial charge in [-0.25, -0.2) is 8.42 Å². The van der Waals surface area contributed by atoms with Gasteiger partial charge in [0.05, 0.1) is 29.3 Å². The Morgan fingerprint density at radius 1 is 1.03 bits per heavy atom. The lowest BCUT2D eigenvalue weighted by Gasteiger charge is -2.26. The van der Waals surface area contributed by atoms with Crippen molar-refractivity contribution in [1.29, 1.82) is 0 Å². The van der Waals surface area contributed by atoms with Crippen LogP contribution in [0.1, 0.15) is 41.6 Å². The number of methoxy groups -OCH3 is 1. The zero-order chi connectivity index (χ0) is 27.4. The van der Waals surface area contributed by atoms with Crippen LogP contribution in [0.5, 0.6) is 5.75 Å². The Morgan fingerprint density at radius 2 is 1.70 bits per heavy atom. The van der Waals surface area contributed by atoms with E-state index < -0.39 is 40.3 Å². The fourth-order valence-corrected chi connectivity index (χ4v) is 5.31. The zero-order valence-corrected chi connectivity index (χ0v) is 21.8. The van der Waals surface area contributed by atoms with Gasteiger partial charge < -0.3 is 10.1 Å². The molecule has 0 heterocycles. The van der Waals surface area contributed by atoms with Crippen LogP contribution in [0.25, 0.3) is 0 Å². The topological polar surface area (TPSA) is 75.7 Å². The zero-order valence-electron chi connectivity index (χ0n) is 21.0. The maximum atomic E-state index is 13.5. The smallest absolute Gasteiger partial charge is 0.416 e. The van der Waals surface area contributed by atoms with Crippen LogP contribution in [0.4, 0.5) is 18.9 Å². The van der Waals surface area contributed by atoms with Crippen LogP contribution in [0.2, 0.25) is 0 Å². The van der Waals surface area contributed by atoms with Gasteiger partial charge >= 0.3 is 6.18 Å². The minimum absolute atomic E-state index is 0.138. The Bertz CT molecular complexity index is 1360. The third-order valence-corrected chi connectivity index (χ3v) is 7.71. The average Bonchev–Trinajstić information content (AvgIpc) is 2.85. The van der Waals surface area contributed by atoms with Crippen molar-refractivity contribution in [1.82, 2.24) is 5.32 Å². The van der Waals surface area contributed by atoms with Crippen LogP contribution in [-0.4, -0.2) is 28.0 Å². The molecule has 0 saturated carbocycles. The fraction of sp³-hybridized carbons (Fsp3) is 0.296. The maximum absolute atomic E-state index is 13.5. The highest BCUT2D eigenvalue weighted by atomic mass is 32.2. The lowest BCUT2D eigenvalue weighted by Crippen LogP contribution is -2.42. The molecule has 0 fully saturated rings. The normalized spacial score (nSPS) is 12.6. The quantitative estimate of drug-likeness (QED) is 0.377. The van der Waals surface area contributed by atoms with Gasteiger partial charge in [-0.3, -0.25) is 9.10 Å². The molecule has 198 valence electrons. The fourth-order valence-electron chi connectivity index (χ4n) is 3.90. The van der Waals surface area contributed by atoms with Crippen molar-refractivity contribution in [2.45, 2.75) is 44.3 Å². The minimum Gasteiger partial charge on any atom is -0.496 e. The number of rotatable bonds is 9. The summed E-state index contributed by atoms with van der Waals surface area (Å²) in [6.07, 6.45) is -4.18. The summed E-state index contributed by atoms with van der Waals surface area (Å²) >= 11 is 0. The average molecular weight is 535 g/mol. The van der Waals surface area contributed by atoms with Gasteiger partial charge in [-0.2, -0.15) is 13.2 Å². The third-order valence-electron chi connectivity index (χ3n) is 5.92. The Morgan fingerprint density at radius 3 is 2.27 bits per heavy atom. The van der Waals surface area contributed by atoms with E-state index in [0.717, 1.165) is 34.9 Å². The van der Waals surface area contributed by atoms with Crippen LogP contribution >= 0.6 is 0 Å². The lowest BCUT2D eigenvalue weighted by atomic mass is 10.0. The molecule has 1 atom stereocenters. The lowest BCUT2D eigenvalue weighted by molar-refractivity contribution is -0.137. The molecule has 0 aliphatic rings. The van der Waals surface area contributed by atoms with Gasteiger partial charge in [-0.15, -0.1) is 0 Å². The number of ether oxygens (including phenoxy) is 1. The maximum Gasteiger partial charge on any atom is 0.416 e. The first-order valence-corrected chi connectivity index (χ1v) is 13.0. The first-order valence-electron chi connectivity index (χ1n) is 11.6. The monoisotopic (exact) mass is 534 g/mol. The van der Waals surface area contributed by atoms with Gasteiger partial charge in [0, 0.05) is 0 Å². The molecule has 1 amide bonds. The number of halogens is 3. The summed E-state index contributed by atoms with van der Waals surface area (Å²) in [5.74, 6) is 0.0262. The standard InChI is InChI=1S/C27H29F3N2O4S/c1-5-24(20-11-14-25(36-4)19(3)15-20)31-26(33)17-32(22-8-6-7-21(16-22)27(28,29)30)37(34,35)23-12-9-18(2)10-13-23/h6-16,24H,5,17H2,1-4H3,(H,31,33)/t24-/m0/s1. The van der Waals surface area contributed by atoms with Crippen molar-refractivity contribution in [2.75, 3.05) is 18.0 Å². The molecule has 0 aliphatic heterocycles. The van der Waals surface area contributed by atoms with E-state index in [1.54, 1.807) is 38.3 Å². The van der Waals surface area contributed by atoms with Gasteiger partial charge in [-0.1, -0.05) is 42.8 Å². The Balaban J connectivity index is 1.97. The van der Waals surface area contributed by atoms with E-state index in [1.807, 2.05) is 19.9 Å². The summed E-state index contributed by atoms with van der Waals surface area (Å²) in [5.41, 5.74) is 1.18. The van der Waals surface area contributed by atoms with E-state index in [1.165, 1.54) is 18.2 Å². The minimum atomic E-state index is -4.68. The van der Waals surface area contributed by atoms with Crippen molar-refractivity contribution in [3.05, 3.63) is 89.0 Å². The molecule has 0 aromatic heterocycles. The molecule has 0 unspecified atom stereocenters. The van der Waals surface area contributed by atoms with Crippen molar-refractivity contribution < 1.29 is 31.1 Å². The second-order valence-electron chi connectivity index (χ2n) is 8.63. The molecule has 0 saturated heterocycles. The molecule has 37 heavy (non-hydrogen) atoms. The second-order valence-corrected chi connectivity index (χ2v) is 10.5. The molecular formula is C27H29F3N2O4S. The molecule has 6 nitrogen and oxygen atoms in total. The second kappa shape index (κ2) is 11.2. The van der Waals surface area contributed by atoms with Gasteiger partial charge in [0.15, 0.2) is 0 Å². The molecular weight excluding hydrogens is 505 g/mol. The van der Waals surface area contributed by atoms with E-state index >= 15 is 0 Å². The number of anilines is 1. The van der Waals surface area contributed by atoms with E-state index in [-0.39, 0.29) is 10.6 Å². The van der Waals surface area contributed by atoms with Gasteiger partial charge in [0.25, 0.3) is 10.0 Å². The largest absolute Gasteiger partial charge is 0.496 e. The first-order chi connectivity index (χ1) is 17.4. The summed E-state index contributed by atoms with van der Waals surface area (Å²) in [5, 5.41) is 2.82. The van der Waals surface area contributed by atoms with Crippen molar-refractivity contribution in [3.8, 4) is 5.75 Å². The molecule has 0 bridgehead atoms. The molecule has 0 aliphatic carbocycles. The van der Waals surface area contributed by atoms with Crippen molar-refractivity contribution >= 4 is 21.6 Å². The van der Waals surface area contributed by atoms with E-state index in [4.69, 9.17) is 4.74 Å². The summed E-state index contributed by atoms with van der Waals surface area (Å²) in [6, 6.07) is 14.8. The highest BCUT2D eigenvalue weighted by Crippen LogP contribution is 2.33. The summed E-state index contributed by atoms with van der Waals surface area (Å²) in [7, 11) is -2.81. The van der Waals surface area contributed by atoms with Gasteiger partial charge in [0.1, 0.15) is 12.3 Å². The summed E-state index contributed by atoms with van der Waals surface area (Å²) < 4.78 is 73.2. The molecule has 3 aromatic carbocycles. The van der Waals surface area contributed by atoms with E-state index in [2.05, 4.69) is 5.32 Å². The SMILES string of the molecule is CC[C@H](NC(=O)CN(c1cccc(C(F)(F)F)c1)S(=O)(=O)c1ccc(C)cc1)c1ccc(OC)c(C)c1. The van der Waals surface area contributed by atoms with Crippen LogP contribution in [-0.2, 0) is 21.0 Å². The number of nitrogens with one attached hydrogen (secondary N) is 1. The molecule has 3 rings (SSSR count). The number of nitrogens with zero attached hydrogens (tertiary/aromatic N) is 1. The first kappa shape index (κ1) is 28.0. The molecule has 0 radical (unpaired) electrons. The van der Waals surface area contributed by atoms with Gasteiger partial charge in [-0.05, 0) is 67.8 Å². The van der Waals surface area contributed by atoms with Crippen LogP contribution in [0, 0.1) is 13.8 Å². The van der Waals surface area contributed by atoms with Gasteiger partial charge in [0.2, 0.25) is 5.91 Å². The number of alkyl halides is 3. The number of amides is 1. The number of carbonyl (C=O) groups is 1. The number of aryl methyl sites for hydroxylation is 2. The Hall–Kier alpha value is -3.53. The molecule has 3 aromatic rings. The molecule has 0 spiro atoms. The number of carbonyl (C=O) groups excluding carboxylic acids is 1. The van der Waals surface area contributed by atoms with Crippen LogP contribution in [0.15, 0.2) is 71.6 Å². The Labute approximate surface area is 215 Å².